The third-order valence-electron chi connectivity index (χ3n) is 3.98. The third-order valence-corrected chi connectivity index (χ3v) is 3.98. The van der Waals surface area contributed by atoms with Gasteiger partial charge in [0.15, 0.2) is 0 Å². The molecule has 0 radical (unpaired) electrons. The predicted octanol–water partition coefficient (Wildman–Crippen LogP) is 1.51. The highest BCUT2D eigenvalue weighted by Gasteiger charge is 2.18. The average Bonchev–Trinajstić information content (AvgIpc) is 3.26. The number of aromatic amines is 1. The van der Waals surface area contributed by atoms with Crippen LogP contribution >= 0.6 is 0 Å². The number of benzene rings is 1. The van der Waals surface area contributed by atoms with Gasteiger partial charge in [-0.2, -0.15) is 14.6 Å². The molecular formula is C16H17N7O. The number of nitrogens with one attached hydrogen (secondary N) is 3. The molecule has 0 unspecified atom stereocenters. The summed E-state index contributed by atoms with van der Waals surface area (Å²) in [6.07, 6.45) is 5.07. The minimum Gasteiger partial charge on any atom is -0.323 e. The van der Waals surface area contributed by atoms with Crippen LogP contribution in [0, 0.1) is 0 Å². The Hall–Kier alpha value is -3.13. The van der Waals surface area contributed by atoms with Crippen LogP contribution in [0.5, 0.6) is 0 Å². The average molecular weight is 323 g/mol. The molecule has 1 aromatic carbocycles. The van der Waals surface area contributed by atoms with Crippen molar-refractivity contribution in [2.45, 2.75) is 19.8 Å². The standard InChI is InChI=1S/C16H17N7O/c1-10(2)13-14(20-16-17-9-19-23(16)15(13)24)11-3-5-12(6-4-11)22-8-7-18-21-22/h3-10,18,21H,1-2H3,(H,17,19,20). The van der Waals surface area contributed by atoms with Gasteiger partial charge in [0.25, 0.3) is 5.56 Å². The van der Waals surface area contributed by atoms with Gasteiger partial charge >= 0.3 is 0 Å². The van der Waals surface area contributed by atoms with Crippen molar-refractivity contribution in [2.24, 2.45) is 0 Å². The predicted molar refractivity (Wildman–Crippen MR) is 91.0 cm³/mol. The molecule has 3 aromatic rings. The molecule has 0 spiro atoms. The van der Waals surface area contributed by atoms with Gasteiger partial charge < -0.3 is 10.4 Å². The van der Waals surface area contributed by atoms with Crippen LogP contribution in [-0.4, -0.2) is 19.6 Å². The minimum absolute atomic E-state index is 0.0596. The zero-order valence-electron chi connectivity index (χ0n) is 13.3. The molecule has 24 heavy (non-hydrogen) atoms. The highest BCUT2D eigenvalue weighted by atomic mass is 16.1. The van der Waals surface area contributed by atoms with E-state index in [0.717, 1.165) is 16.9 Å². The Morgan fingerprint density at radius 2 is 1.96 bits per heavy atom. The Bertz CT molecular complexity index is 968. The van der Waals surface area contributed by atoms with Gasteiger partial charge in [-0.3, -0.25) is 9.80 Å². The van der Waals surface area contributed by atoms with Gasteiger partial charge in [-0.15, -0.1) is 5.53 Å². The zero-order valence-corrected chi connectivity index (χ0v) is 13.3. The second kappa shape index (κ2) is 5.50. The summed E-state index contributed by atoms with van der Waals surface area (Å²) in [5, 5.41) is 5.85. The number of fused-ring (bicyclic) bond motifs is 1. The number of rotatable bonds is 3. The molecule has 0 amide bonds. The van der Waals surface area contributed by atoms with Crippen molar-refractivity contribution in [3.8, 4) is 11.3 Å². The van der Waals surface area contributed by atoms with Gasteiger partial charge in [-0.25, -0.2) is 0 Å². The second-order valence-corrected chi connectivity index (χ2v) is 5.86. The summed E-state index contributed by atoms with van der Waals surface area (Å²) in [5.41, 5.74) is 9.14. The van der Waals surface area contributed by atoms with E-state index in [0.29, 0.717) is 11.3 Å². The van der Waals surface area contributed by atoms with Gasteiger partial charge in [0.05, 0.1) is 11.4 Å². The Balaban J connectivity index is 1.84. The van der Waals surface area contributed by atoms with Gasteiger partial charge in [-0.1, -0.05) is 26.0 Å². The Morgan fingerprint density at radius 1 is 1.17 bits per heavy atom. The van der Waals surface area contributed by atoms with E-state index in [1.165, 1.54) is 10.8 Å². The van der Waals surface area contributed by atoms with Crippen molar-refractivity contribution in [3.63, 3.8) is 0 Å². The van der Waals surface area contributed by atoms with Crippen LogP contribution in [0.25, 0.3) is 17.0 Å². The molecule has 0 saturated carbocycles. The highest BCUT2D eigenvalue weighted by Crippen LogP contribution is 2.27. The number of aromatic nitrogens is 4. The summed E-state index contributed by atoms with van der Waals surface area (Å²) in [7, 11) is 0. The first-order valence-electron chi connectivity index (χ1n) is 7.68. The summed E-state index contributed by atoms with van der Waals surface area (Å²) in [6, 6.07) is 7.92. The van der Waals surface area contributed by atoms with Gasteiger partial charge in [-0.05, 0) is 23.6 Å². The molecule has 0 aliphatic carbocycles. The Morgan fingerprint density at radius 3 is 2.62 bits per heavy atom. The molecule has 0 fully saturated rings. The maximum Gasteiger partial charge on any atom is 0.279 e. The topological polar surface area (TPSA) is 90.3 Å². The van der Waals surface area contributed by atoms with E-state index in [-0.39, 0.29) is 11.5 Å². The van der Waals surface area contributed by atoms with Crippen molar-refractivity contribution in [1.29, 1.82) is 0 Å². The quantitative estimate of drug-likeness (QED) is 0.677. The van der Waals surface area contributed by atoms with E-state index in [2.05, 4.69) is 26.0 Å². The first-order chi connectivity index (χ1) is 11.6. The van der Waals surface area contributed by atoms with E-state index < -0.39 is 0 Å². The summed E-state index contributed by atoms with van der Waals surface area (Å²) in [4.78, 5) is 20.1. The molecule has 0 bridgehead atoms. The molecule has 0 saturated heterocycles. The Labute approximate surface area is 137 Å². The maximum atomic E-state index is 12.7. The molecule has 3 heterocycles. The van der Waals surface area contributed by atoms with Crippen molar-refractivity contribution in [1.82, 2.24) is 30.5 Å². The maximum absolute atomic E-state index is 12.7. The number of hydrogen-bond acceptors (Lipinski definition) is 6. The van der Waals surface area contributed by atoms with Gasteiger partial charge in [0.2, 0.25) is 5.78 Å². The summed E-state index contributed by atoms with van der Waals surface area (Å²) >= 11 is 0. The van der Waals surface area contributed by atoms with Gasteiger partial charge in [0.1, 0.15) is 6.33 Å². The zero-order chi connectivity index (χ0) is 16.7. The monoisotopic (exact) mass is 323 g/mol. The van der Waals surface area contributed by atoms with Crippen molar-refractivity contribution < 1.29 is 0 Å². The molecule has 8 nitrogen and oxygen atoms in total. The second-order valence-electron chi connectivity index (χ2n) is 5.86. The van der Waals surface area contributed by atoms with Crippen LogP contribution in [0.2, 0.25) is 0 Å². The van der Waals surface area contributed by atoms with Crippen LogP contribution in [-0.2, 0) is 0 Å². The number of hydrogen-bond donors (Lipinski definition) is 3. The van der Waals surface area contributed by atoms with E-state index in [9.17, 15) is 4.79 Å². The number of hydrazine groups is 2. The van der Waals surface area contributed by atoms with E-state index in [1.54, 1.807) is 0 Å². The molecule has 3 N–H and O–H groups in total. The normalized spacial score (nSPS) is 13.9. The van der Waals surface area contributed by atoms with E-state index >= 15 is 0 Å². The van der Waals surface area contributed by atoms with Crippen LogP contribution in [0.4, 0.5) is 5.69 Å². The number of H-pyrrole nitrogens is 1. The summed E-state index contributed by atoms with van der Waals surface area (Å²) < 4.78 is 1.30. The van der Waals surface area contributed by atoms with Crippen LogP contribution in [0.1, 0.15) is 25.3 Å². The SMILES string of the molecule is CC(C)c1c(-c2ccc(N3C=CNN3)cc2)[nH]c2ncnn2c1=O. The largest absolute Gasteiger partial charge is 0.323 e. The van der Waals surface area contributed by atoms with E-state index in [4.69, 9.17) is 0 Å². The van der Waals surface area contributed by atoms with E-state index in [1.807, 2.05) is 55.5 Å². The first kappa shape index (κ1) is 14.5. The molecule has 4 rings (SSSR count). The fraction of sp³-hybridized carbons (Fsp3) is 0.188. The smallest absolute Gasteiger partial charge is 0.279 e. The molecular weight excluding hydrogens is 306 g/mol. The highest BCUT2D eigenvalue weighted by molar-refractivity contribution is 5.68. The molecule has 122 valence electrons. The lowest BCUT2D eigenvalue weighted by Crippen LogP contribution is -2.35. The molecule has 2 aromatic heterocycles. The molecule has 1 aliphatic rings. The first-order valence-corrected chi connectivity index (χ1v) is 7.68. The third kappa shape index (κ3) is 2.24. The number of anilines is 1. The van der Waals surface area contributed by atoms with Crippen LogP contribution < -0.4 is 21.5 Å². The van der Waals surface area contributed by atoms with Gasteiger partial charge in [0, 0.05) is 18.0 Å². The van der Waals surface area contributed by atoms with Crippen LogP contribution in [0.15, 0.2) is 47.8 Å². The molecule has 0 atom stereocenters. The lowest BCUT2D eigenvalue weighted by molar-refractivity contribution is 0.680. The Kier molecular flexibility index (Phi) is 3.31. The van der Waals surface area contributed by atoms with Crippen molar-refractivity contribution in [2.75, 3.05) is 5.01 Å². The minimum atomic E-state index is -0.135. The van der Waals surface area contributed by atoms with Crippen molar-refractivity contribution >= 4 is 11.5 Å². The summed E-state index contributed by atoms with van der Waals surface area (Å²) in [5.74, 6) is 0.501. The lowest BCUT2D eigenvalue weighted by atomic mass is 9.98. The summed E-state index contributed by atoms with van der Waals surface area (Å²) in [6.45, 7) is 3.99. The van der Waals surface area contributed by atoms with Crippen molar-refractivity contribution in [3.05, 3.63) is 58.9 Å². The number of nitrogens with zero attached hydrogens (tertiary/aromatic N) is 4. The fourth-order valence-electron chi connectivity index (χ4n) is 2.83. The fourth-order valence-corrected chi connectivity index (χ4v) is 2.83. The lowest BCUT2D eigenvalue weighted by Gasteiger charge is -2.17. The molecule has 8 heteroatoms. The molecule has 1 aliphatic heterocycles. The van der Waals surface area contributed by atoms with Crippen LogP contribution in [0.3, 0.4) is 0 Å².